The van der Waals surface area contributed by atoms with Gasteiger partial charge in [0.25, 0.3) is 0 Å². The van der Waals surface area contributed by atoms with Crippen LogP contribution in [0.2, 0.25) is 0 Å². The SMILES string of the molecule is CCC(N)=NC(C)c1ccco1. The molecule has 0 saturated heterocycles. The van der Waals surface area contributed by atoms with Gasteiger partial charge in [0.1, 0.15) is 11.8 Å². The second-order valence-corrected chi connectivity index (χ2v) is 2.67. The molecule has 0 aliphatic heterocycles. The van der Waals surface area contributed by atoms with Crippen LogP contribution in [-0.2, 0) is 0 Å². The van der Waals surface area contributed by atoms with Crippen molar-refractivity contribution in [1.29, 1.82) is 0 Å². The number of nitrogens with zero attached hydrogens (tertiary/aromatic N) is 1. The van der Waals surface area contributed by atoms with Gasteiger partial charge in [0.05, 0.1) is 12.1 Å². The number of rotatable bonds is 3. The predicted molar refractivity (Wildman–Crippen MR) is 49.0 cm³/mol. The van der Waals surface area contributed by atoms with E-state index in [4.69, 9.17) is 10.2 Å². The number of furan rings is 1. The van der Waals surface area contributed by atoms with Crippen molar-refractivity contribution in [2.75, 3.05) is 0 Å². The van der Waals surface area contributed by atoms with Crippen molar-refractivity contribution in [2.24, 2.45) is 10.7 Å². The Morgan fingerprint density at radius 1 is 1.75 bits per heavy atom. The summed E-state index contributed by atoms with van der Waals surface area (Å²) in [7, 11) is 0. The van der Waals surface area contributed by atoms with Crippen LogP contribution in [0.1, 0.15) is 32.1 Å². The molecule has 1 aromatic rings. The summed E-state index contributed by atoms with van der Waals surface area (Å²) in [5.41, 5.74) is 5.59. The zero-order valence-electron chi connectivity index (χ0n) is 7.45. The minimum atomic E-state index is 0.0277. The summed E-state index contributed by atoms with van der Waals surface area (Å²) in [4.78, 5) is 4.24. The van der Waals surface area contributed by atoms with E-state index in [1.165, 1.54) is 0 Å². The van der Waals surface area contributed by atoms with Gasteiger partial charge < -0.3 is 10.2 Å². The van der Waals surface area contributed by atoms with Crippen LogP contribution in [0.5, 0.6) is 0 Å². The Morgan fingerprint density at radius 2 is 2.50 bits per heavy atom. The standard InChI is InChI=1S/C9H14N2O/c1-3-9(10)11-7(2)8-5-4-6-12-8/h4-7H,3H2,1-2H3,(H2,10,11). The molecule has 0 bridgehead atoms. The number of hydrogen-bond donors (Lipinski definition) is 1. The fourth-order valence-electron chi connectivity index (χ4n) is 0.933. The summed E-state index contributed by atoms with van der Waals surface area (Å²) in [5, 5.41) is 0. The fraction of sp³-hybridized carbons (Fsp3) is 0.444. The topological polar surface area (TPSA) is 51.5 Å². The van der Waals surface area contributed by atoms with E-state index in [0.717, 1.165) is 12.2 Å². The highest BCUT2D eigenvalue weighted by atomic mass is 16.3. The molecular weight excluding hydrogens is 152 g/mol. The van der Waals surface area contributed by atoms with E-state index in [1.54, 1.807) is 6.26 Å². The lowest BCUT2D eigenvalue weighted by molar-refractivity contribution is 0.480. The second-order valence-electron chi connectivity index (χ2n) is 2.67. The fourth-order valence-corrected chi connectivity index (χ4v) is 0.933. The average molecular weight is 166 g/mol. The zero-order chi connectivity index (χ0) is 8.97. The Bertz CT molecular complexity index is 252. The highest BCUT2D eigenvalue weighted by molar-refractivity contribution is 5.80. The van der Waals surface area contributed by atoms with E-state index < -0.39 is 0 Å². The molecule has 1 atom stereocenters. The Hall–Kier alpha value is -1.25. The molecule has 0 spiro atoms. The number of aliphatic imine (C=N–C) groups is 1. The molecule has 0 saturated carbocycles. The summed E-state index contributed by atoms with van der Waals surface area (Å²) < 4.78 is 5.18. The van der Waals surface area contributed by atoms with Crippen LogP contribution in [0.3, 0.4) is 0 Å². The maximum atomic E-state index is 5.59. The molecule has 3 nitrogen and oxygen atoms in total. The van der Waals surface area contributed by atoms with Crippen LogP contribution in [0.15, 0.2) is 27.8 Å². The van der Waals surface area contributed by atoms with Crippen molar-refractivity contribution in [3.05, 3.63) is 24.2 Å². The molecule has 2 N–H and O–H groups in total. The van der Waals surface area contributed by atoms with Gasteiger partial charge in [-0.25, -0.2) is 0 Å². The molecule has 0 amide bonds. The van der Waals surface area contributed by atoms with E-state index in [9.17, 15) is 0 Å². The lowest BCUT2D eigenvalue weighted by Crippen LogP contribution is -2.10. The van der Waals surface area contributed by atoms with Crippen molar-refractivity contribution in [3.63, 3.8) is 0 Å². The molecule has 1 unspecified atom stereocenters. The van der Waals surface area contributed by atoms with Gasteiger partial charge in [-0.2, -0.15) is 0 Å². The molecular formula is C9H14N2O. The van der Waals surface area contributed by atoms with Gasteiger partial charge in [0.2, 0.25) is 0 Å². The van der Waals surface area contributed by atoms with Crippen LogP contribution in [0.25, 0.3) is 0 Å². The summed E-state index contributed by atoms with van der Waals surface area (Å²) in [6.45, 7) is 3.94. The molecule has 3 heteroatoms. The van der Waals surface area contributed by atoms with Crippen molar-refractivity contribution in [3.8, 4) is 0 Å². The number of nitrogens with two attached hydrogens (primary N) is 1. The number of amidine groups is 1. The third-order valence-electron chi connectivity index (χ3n) is 1.68. The molecule has 0 radical (unpaired) electrons. The van der Waals surface area contributed by atoms with Gasteiger partial charge in [0, 0.05) is 6.42 Å². The van der Waals surface area contributed by atoms with Crippen LogP contribution in [0, 0.1) is 0 Å². The van der Waals surface area contributed by atoms with E-state index in [2.05, 4.69) is 4.99 Å². The van der Waals surface area contributed by atoms with Gasteiger partial charge >= 0.3 is 0 Å². The van der Waals surface area contributed by atoms with Crippen molar-refractivity contribution in [2.45, 2.75) is 26.3 Å². The van der Waals surface area contributed by atoms with E-state index in [1.807, 2.05) is 26.0 Å². The Kier molecular flexibility index (Phi) is 2.91. The minimum Gasteiger partial charge on any atom is -0.467 e. The highest BCUT2D eigenvalue weighted by Crippen LogP contribution is 2.16. The van der Waals surface area contributed by atoms with Crippen LogP contribution in [-0.4, -0.2) is 5.84 Å². The lowest BCUT2D eigenvalue weighted by Gasteiger charge is -2.03. The largest absolute Gasteiger partial charge is 0.467 e. The van der Waals surface area contributed by atoms with Crippen molar-refractivity contribution < 1.29 is 4.42 Å². The first-order valence-corrected chi connectivity index (χ1v) is 4.09. The Balaban J connectivity index is 2.66. The predicted octanol–water partition coefficient (Wildman–Crippen LogP) is 2.11. The van der Waals surface area contributed by atoms with Gasteiger partial charge in [-0.3, -0.25) is 4.99 Å². The van der Waals surface area contributed by atoms with Crippen LogP contribution < -0.4 is 5.73 Å². The summed E-state index contributed by atoms with van der Waals surface area (Å²) in [6, 6.07) is 3.78. The maximum absolute atomic E-state index is 5.59. The molecule has 1 aromatic heterocycles. The molecule has 0 fully saturated rings. The smallest absolute Gasteiger partial charge is 0.128 e. The second kappa shape index (κ2) is 3.95. The Labute approximate surface area is 72.3 Å². The summed E-state index contributed by atoms with van der Waals surface area (Å²) in [5.74, 6) is 1.52. The minimum absolute atomic E-state index is 0.0277. The molecule has 0 aromatic carbocycles. The van der Waals surface area contributed by atoms with Gasteiger partial charge in [-0.05, 0) is 19.1 Å². The quantitative estimate of drug-likeness (QED) is 0.552. The van der Waals surface area contributed by atoms with Gasteiger partial charge in [-0.1, -0.05) is 6.92 Å². The van der Waals surface area contributed by atoms with Crippen molar-refractivity contribution >= 4 is 5.84 Å². The molecule has 0 aliphatic carbocycles. The monoisotopic (exact) mass is 166 g/mol. The van der Waals surface area contributed by atoms with Crippen LogP contribution in [0.4, 0.5) is 0 Å². The normalized spacial score (nSPS) is 14.7. The first kappa shape index (κ1) is 8.84. The first-order valence-electron chi connectivity index (χ1n) is 4.09. The van der Waals surface area contributed by atoms with Gasteiger partial charge in [0.15, 0.2) is 0 Å². The van der Waals surface area contributed by atoms with E-state index >= 15 is 0 Å². The summed E-state index contributed by atoms with van der Waals surface area (Å²) >= 11 is 0. The molecule has 66 valence electrons. The van der Waals surface area contributed by atoms with E-state index in [-0.39, 0.29) is 6.04 Å². The van der Waals surface area contributed by atoms with Gasteiger partial charge in [-0.15, -0.1) is 0 Å². The average Bonchev–Trinajstić information content (AvgIpc) is 2.56. The molecule has 1 rings (SSSR count). The third-order valence-corrected chi connectivity index (χ3v) is 1.68. The molecule has 12 heavy (non-hydrogen) atoms. The Morgan fingerprint density at radius 3 is 3.00 bits per heavy atom. The summed E-state index contributed by atoms with van der Waals surface area (Å²) in [6.07, 6.45) is 2.43. The molecule has 1 heterocycles. The van der Waals surface area contributed by atoms with E-state index in [0.29, 0.717) is 5.84 Å². The third kappa shape index (κ3) is 2.12. The number of hydrogen-bond acceptors (Lipinski definition) is 2. The maximum Gasteiger partial charge on any atom is 0.128 e. The highest BCUT2D eigenvalue weighted by Gasteiger charge is 2.05. The first-order chi connectivity index (χ1) is 5.74. The lowest BCUT2D eigenvalue weighted by atomic mass is 10.2. The van der Waals surface area contributed by atoms with Crippen molar-refractivity contribution in [1.82, 2.24) is 0 Å². The molecule has 0 aliphatic rings. The zero-order valence-corrected chi connectivity index (χ0v) is 7.45. The van der Waals surface area contributed by atoms with Crippen LogP contribution >= 0.6 is 0 Å².